The number of para-hydroxylation sites is 1. The van der Waals surface area contributed by atoms with E-state index in [9.17, 15) is 23.1 Å². The summed E-state index contributed by atoms with van der Waals surface area (Å²) < 4.78 is 28.8. The summed E-state index contributed by atoms with van der Waals surface area (Å²) in [7, 11) is -2.16. The number of hydrogen-bond donors (Lipinski definition) is 2. The van der Waals surface area contributed by atoms with Crippen molar-refractivity contribution in [1.82, 2.24) is 14.6 Å². The van der Waals surface area contributed by atoms with E-state index in [2.05, 4.69) is 10.3 Å². The van der Waals surface area contributed by atoms with Crippen molar-refractivity contribution < 1.29 is 23.1 Å². The van der Waals surface area contributed by atoms with E-state index in [1.807, 2.05) is 24.3 Å². The second kappa shape index (κ2) is 8.98. The van der Waals surface area contributed by atoms with Crippen molar-refractivity contribution in [3.63, 3.8) is 0 Å². The zero-order chi connectivity index (χ0) is 24.8. The Bertz CT molecular complexity index is 1390. The number of carboxylic acid groups (broad SMARTS) is 1. The van der Waals surface area contributed by atoms with Gasteiger partial charge in [-0.15, -0.1) is 0 Å². The minimum absolute atomic E-state index is 0.119. The predicted molar refractivity (Wildman–Crippen MR) is 133 cm³/mol. The zero-order valence-electron chi connectivity index (χ0n) is 19.2. The van der Waals surface area contributed by atoms with Gasteiger partial charge in [0.15, 0.2) is 5.13 Å². The largest absolute Gasteiger partial charge is 0.481 e. The smallest absolute Gasteiger partial charge is 0.304 e. The van der Waals surface area contributed by atoms with E-state index in [1.54, 1.807) is 25.2 Å². The van der Waals surface area contributed by atoms with E-state index in [4.69, 9.17) is 0 Å². The topological polar surface area (TPSA) is 120 Å². The minimum Gasteiger partial charge on any atom is -0.481 e. The highest BCUT2D eigenvalue weighted by molar-refractivity contribution is 7.89. The van der Waals surface area contributed by atoms with Crippen molar-refractivity contribution in [2.75, 3.05) is 38.1 Å². The molecule has 1 amide bonds. The molecule has 184 valence electrons. The number of anilines is 1. The molecule has 2 heterocycles. The van der Waals surface area contributed by atoms with Gasteiger partial charge in [-0.05, 0) is 36.1 Å². The van der Waals surface area contributed by atoms with Crippen molar-refractivity contribution in [2.45, 2.75) is 24.2 Å². The predicted octanol–water partition coefficient (Wildman–Crippen LogP) is 2.11. The number of fused-ring (bicyclic) bond motifs is 2. The monoisotopic (exact) mass is 514 g/mol. The van der Waals surface area contributed by atoms with Crippen molar-refractivity contribution in [2.24, 2.45) is 5.41 Å². The van der Waals surface area contributed by atoms with Gasteiger partial charge < -0.3 is 10.4 Å². The summed E-state index contributed by atoms with van der Waals surface area (Å²) in [5, 5.41) is 13.1. The minimum atomic E-state index is -3.74. The molecule has 1 aliphatic heterocycles. The molecule has 5 rings (SSSR count). The number of amides is 1. The van der Waals surface area contributed by atoms with E-state index in [0.717, 1.165) is 11.1 Å². The van der Waals surface area contributed by atoms with Crippen molar-refractivity contribution in [3.05, 3.63) is 53.6 Å². The molecule has 35 heavy (non-hydrogen) atoms. The Morgan fingerprint density at radius 2 is 1.77 bits per heavy atom. The van der Waals surface area contributed by atoms with Crippen molar-refractivity contribution in [1.29, 1.82) is 0 Å². The molecular weight excluding hydrogens is 488 g/mol. The van der Waals surface area contributed by atoms with Crippen LogP contribution in [0.15, 0.2) is 47.4 Å². The van der Waals surface area contributed by atoms with Crippen LogP contribution in [0.2, 0.25) is 0 Å². The van der Waals surface area contributed by atoms with Crippen LogP contribution in [-0.4, -0.2) is 67.9 Å². The Labute approximate surface area is 207 Å². The van der Waals surface area contributed by atoms with Crippen LogP contribution in [0.1, 0.15) is 17.5 Å². The normalized spacial score (nSPS) is 17.9. The van der Waals surface area contributed by atoms with Gasteiger partial charge in [-0.2, -0.15) is 4.31 Å². The fraction of sp³-hybridized carbons (Fsp3) is 0.375. The van der Waals surface area contributed by atoms with E-state index in [-0.39, 0.29) is 17.2 Å². The molecule has 1 fully saturated rings. The molecule has 1 aliphatic carbocycles. The molecule has 0 saturated carbocycles. The molecule has 1 saturated heterocycles. The van der Waals surface area contributed by atoms with Crippen LogP contribution in [0.4, 0.5) is 5.13 Å². The standard InChI is InChI=1S/C24H26N4O5S2/c1-27(22(31)24(15-20(29)30)13-16-5-2-3-6-17(16)14-24)23-26-21-18(34-23)7-4-8-19(21)35(32,33)28-11-9-25-10-12-28/h2-8,25H,9-15H2,1H3,(H,29,30). The Hall–Kier alpha value is -2.86. The molecule has 0 bridgehead atoms. The first kappa shape index (κ1) is 23.9. The average molecular weight is 515 g/mol. The maximum atomic E-state index is 13.8. The molecule has 0 spiro atoms. The van der Waals surface area contributed by atoms with Crippen LogP contribution in [0.25, 0.3) is 10.2 Å². The van der Waals surface area contributed by atoms with Crippen LogP contribution in [0, 0.1) is 5.41 Å². The lowest BCUT2D eigenvalue weighted by molar-refractivity contribution is -0.144. The van der Waals surface area contributed by atoms with Gasteiger partial charge in [-0.3, -0.25) is 14.5 Å². The molecular formula is C24H26N4O5S2. The molecule has 2 N–H and O–H groups in total. The molecule has 11 heteroatoms. The molecule has 2 aromatic carbocycles. The third-order valence-electron chi connectivity index (χ3n) is 6.78. The fourth-order valence-corrected chi connectivity index (χ4v) is 7.67. The molecule has 0 atom stereocenters. The zero-order valence-corrected chi connectivity index (χ0v) is 20.9. The highest BCUT2D eigenvalue weighted by Crippen LogP contribution is 2.43. The van der Waals surface area contributed by atoms with E-state index in [0.29, 0.717) is 54.4 Å². The molecule has 0 unspecified atom stereocenters. The fourth-order valence-electron chi connectivity index (χ4n) is 5.06. The molecule has 0 radical (unpaired) electrons. The Morgan fingerprint density at radius 1 is 1.11 bits per heavy atom. The summed E-state index contributed by atoms with van der Waals surface area (Å²) in [5.74, 6) is -1.37. The number of hydrogen-bond acceptors (Lipinski definition) is 7. The second-order valence-electron chi connectivity index (χ2n) is 9.09. The average Bonchev–Trinajstić information content (AvgIpc) is 3.44. The van der Waals surface area contributed by atoms with Gasteiger partial charge in [0.1, 0.15) is 10.4 Å². The number of carboxylic acids is 1. The number of carbonyl (C=O) groups excluding carboxylic acids is 1. The van der Waals surface area contributed by atoms with Crippen LogP contribution in [-0.2, 0) is 32.5 Å². The van der Waals surface area contributed by atoms with Crippen LogP contribution < -0.4 is 10.2 Å². The first-order valence-corrected chi connectivity index (χ1v) is 13.6. The maximum absolute atomic E-state index is 13.8. The number of rotatable bonds is 6. The Morgan fingerprint density at radius 3 is 2.40 bits per heavy atom. The summed E-state index contributed by atoms with van der Waals surface area (Å²) in [6, 6.07) is 12.6. The molecule has 3 aromatic rings. The summed E-state index contributed by atoms with van der Waals surface area (Å²) in [6.07, 6.45) is 0.386. The number of carbonyl (C=O) groups is 2. The first-order chi connectivity index (χ1) is 16.7. The van der Waals surface area contributed by atoms with Crippen LogP contribution >= 0.6 is 11.3 Å². The number of thiazole rings is 1. The highest BCUT2D eigenvalue weighted by Gasteiger charge is 2.47. The summed E-state index contributed by atoms with van der Waals surface area (Å²) in [4.78, 5) is 31.6. The number of nitrogens with one attached hydrogen (secondary N) is 1. The Kier molecular flexibility index (Phi) is 6.12. The SMILES string of the molecule is CN(C(=O)C1(CC(=O)O)Cc2ccccc2C1)c1nc2c(S(=O)(=O)N3CCNCC3)cccc2s1. The number of aliphatic carboxylic acids is 1. The van der Waals surface area contributed by atoms with Crippen LogP contribution in [0.3, 0.4) is 0 Å². The van der Waals surface area contributed by atoms with Gasteiger partial charge in [0, 0.05) is 33.2 Å². The molecule has 9 nitrogen and oxygen atoms in total. The Balaban J connectivity index is 1.50. The quantitative estimate of drug-likeness (QED) is 0.517. The number of piperazine rings is 1. The maximum Gasteiger partial charge on any atom is 0.304 e. The van der Waals surface area contributed by atoms with Gasteiger partial charge in [0.05, 0.1) is 16.5 Å². The van der Waals surface area contributed by atoms with E-state index >= 15 is 0 Å². The third kappa shape index (κ3) is 4.22. The van der Waals surface area contributed by atoms with Gasteiger partial charge in [-0.25, -0.2) is 13.4 Å². The van der Waals surface area contributed by atoms with Gasteiger partial charge >= 0.3 is 5.97 Å². The summed E-state index contributed by atoms with van der Waals surface area (Å²) in [6.45, 7) is 1.93. The van der Waals surface area contributed by atoms with Gasteiger partial charge in [0.25, 0.3) is 0 Å². The van der Waals surface area contributed by atoms with Crippen LogP contribution in [0.5, 0.6) is 0 Å². The summed E-state index contributed by atoms with van der Waals surface area (Å²) in [5.41, 5.74) is 1.17. The molecule has 2 aliphatic rings. The molecule has 1 aromatic heterocycles. The van der Waals surface area contributed by atoms with Crippen molar-refractivity contribution in [3.8, 4) is 0 Å². The number of sulfonamides is 1. The lowest BCUT2D eigenvalue weighted by Gasteiger charge is -2.30. The number of aromatic nitrogens is 1. The highest BCUT2D eigenvalue weighted by atomic mass is 32.2. The van der Waals surface area contributed by atoms with Gasteiger partial charge in [0.2, 0.25) is 15.9 Å². The first-order valence-electron chi connectivity index (χ1n) is 11.4. The lowest BCUT2D eigenvalue weighted by atomic mass is 9.80. The lowest BCUT2D eigenvalue weighted by Crippen LogP contribution is -2.46. The van der Waals surface area contributed by atoms with Crippen molar-refractivity contribution >= 4 is 48.6 Å². The van der Waals surface area contributed by atoms with E-state index < -0.39 is 21.4 Å². The number of nitrogens with zero attached hydrogens (tertiary/aromatic N) is 3. The summed E-state index contributed by atoms with van der Waals surface area (Å²) >= 11 is 1.22. The van der Waals surface area contributed by atoms with E-state index in [1.165, 1.54) is 20.5 Å². The second-order valence-corrected chi connectivity index (χ2v) is 12.0. The third-order valence-corrected chi connectivity index (χ3v) is 9.80. The van der Waals surface area contributed by atoms with Gasteiger partial charge in [-0.1, -0.05) is 41.7 Å². The number of benzene rings is 2.